The van der Waals surface area contributed by atoms with Gasteiger partial charge in [0.2, 0.25) is 0 Å². The van der Waals surface area contributed by atoms with Gasteiger partial charge in [0.1, 0.15) is 0 Å². The number of rotatable bonds is 14. The van der Waals surface area contributed by atoms with Crippen LogP contribution < -0.4 is 0 Å². The van der Waals surface area contributed by atoms with Gasteiger partial charge >= 0.3 is 0 Å². The van der Waals surface area contributed by atoms with Crippen molar-refractivity contribution in [1.82, 2.24) is 9.80 Å². The first kappa shape index (κ1) is 20.1. The lowest BCUT2D eigenvalue weighted by Gasteiger charge is -2.16. The van der Waals surface area contributed by atoms with Gasteiger partial charge in [0.25, 0.3) is 0 Å². The van der Waals surface area contributed by atoms with E-state index >= 15 is 0 Å². The summed E-state index contributed by atoms with van der Waals surface area (Å²) < 4.78 is 5.75. The molecule has 0 amide bonds. The number of ether oxygens (including phenoxy) is 1. The molecular formula is C20H36N2O. The highest BCUT2D eigenvalue weighted by Gasteiger charge is 2.00. The van der Waals surface area contributed by atoms with Gasteiger partial charge < -0.3 is 14.5 Å². The minimum Gasteiger partial charge on any atom is -0.381 e. The second-order valence-electron chi connectivity index (χ2n) is 6.55. The molecule has 0 aliphatic rings. The number of hydrogen-bond acceptors (Lipinski definition) is 3. The summed E-state index contributed by atoms with van der Waals surface area (Å²) >= 11 is 0. The highest BCUT2D eigenvalue weighted by Crippen LogP contribution is 2.03. The number of hydrogen-bond donors (Lipinski definition) is 0. The molecule has 23 heavy (non-hydrogen) atoms. The summed E-state index contributed by atoms with van der Waals surface area (Å²) in [5, 5.41) is 0. The van der Waals surface area contributed by atoms with Crippen LogP contribution in [0.4, 0.5) is 0 Å². The van der Waals surface area contributed by atoms with Crippen molar-refractivity contribution in [2.75, 3.05) is 46.9 Å². The molecule has 1 aromatic carbocycles. The van der Waals surface area contributed by atoms with E-state index in [1.807, 2.05) is 0 Å². The maximum Gasteiger partial charge on any atom is 0.0478 e. The quantitative estimate of drug-likeness (QED) is 0.481. The molecule has 0 spiro atoms. The topological polar surface area (TPSA) is 15.7 Å². The molecule has 0 bridgehead atoms. The van der Waals surface area contributed by atoms with Crippen molar-refractivity contribution in [3.63, 3.8) is 0 Å². The van der Waals surface area contributed by atoms with E-state index in [9.17, 15) is 0 Å². The predicted molar refractivity (Wildman–Crippen MR) is 99.9 cm³/mol. The van der Waals surface area contributed by atoms with Gasteiger partial charge in [-0.05, 0) is 64.9 Å². The van der Waals surface area contributed by atoms with Gasteiger partial charge in [0.15, 0.2) is 0 Å². The summed E-state index contributed by atoms with van der Waals surface area (Å²) in [5.74, 6) is 0. The number of benzene rings is 1. The molecule has 0 radical (unpaired) electrons. The molecule has 0 saturated heterocycles. The largest absolute Gasteiger partial charge is 0.381 e. The molecule has 0 N–H and O–H groups in total. The van der Waals surface area contributed by atoms with Crippen LogP contribution in [-0.4, -0.2) is 56.7 Å². The van der Waals surface area contributed by atoms with Gasteiger partial charge in [-0.25, -0.2) is 0 Å². The van der Waals surface area contributed by atoms with Crippen LogP contribution in [0.3, 0.4) is 0 Å². The molecule has 0 saturated carbocycles. The summed E-state index contributed by atoms with van der Waals surface area (Å²) in [7, 11) is 4.39. The standard InChI is InChI=1S/C20H36N2O/c1-4-14-21(2)15-9-6-10-17-23-18-11-16-22(3)19-20-12-7-5-8-13-20/h5,7-8,12-13H,4,6,9-11,14-19H2,1-3H3. The van der Waals surface area contributed by atoms with Crippen LogP contribution in [0.25, 0.3) is 0 Å². The summed E-state index contributed by atoms with van der Waals surface area (Å²) in [6.45, 7) is 8.59. The van der Waals surface area contributed by atoms with Crippen molar-refractivity contribution >= 4 is 0 Å². The average Bonchev–Trinajstić information content (AvgIpc) is 2.54. The lowest BCUT2D eigenvalue weighted by molar-refractivity contribution is 0.118. The van der Waals surface area contributed by atoms with Crippen LogP contribution in [0, 0.1) is 0 Å². The van der Waals surface area contributed by atoms with Gasteiger partial charge in [0, 0.05) is 26.3 Å². The molecule has 0 aliphatic carbocycles. The lowest BCUT2D eigenvalue weighted by atomic mass is 10.2. The van der Waals surface area contributed by atoms with Crippen LogP contribution in [0.15, 0.2) is 30.3 Å². The van der Waals surface area contributed by atoms with Crippen molar-refractivity contribution in [1.29, 1.82) is 0 Å². The first-order valence-corrected chi connectivity index (χ1v) is 9.21. The fourth-order valence-corrected chi connectivity index (χ4v) is 2.77. The maximum absolute atomic E-state index is 5.75. The molecule has 3 nitrogen and oxygen atoms in total. The summed E-state index contributed by atoms with van der Waals surface area (Å²) in [5.41, 5.74) is 1.38. The molecule has 0 atom stereocenters. The second-order valence-corrected chi connectivity index (χ2v) is 6.55. The summed E-state index contributed by atoms with van der Waals surface area (Å²) in [6.07, 6.45) is 6.13. The lowest BCUT2D eigenvalue weighted by Crippen LogP contribution is -2.20. The Morgan fingerprint density at radius 2 is 1.48 bits per heavy atom. The van der Waals surface area contributed by atoms with Gasteiger partial charge in [-0.15, -0.1) is 0 Å². The smallest absolute Gasteiger partial charge is 0.0478 e. The zero-order valence-corrected chi connectivity index (χ0v) is 15.5. The molecule has 3 heteroatoms. The van der Waals surface area contributed by atoms with E-state index in [-0.39, 0.29) is 0 Å². The van der Waals surface area contributed by atoms with E-state index in [0.717, 1.165) is 32.7 Å². The van der Waals surface area contributed by atoms with Gasteiger partial charge in [-0.3, -0.25) is 0 Å². The van der Waals surface area contributed by atoms with E-state index in [1.54, 1.807) is 0 Å². The zero-order chi connectivity index (χ0) is 16.8. The van der Waals surface area contributed by atoms with Crippen molar-refractivity contribution in [2.45, 2.75) is 45.6 Å². The second kappa shape index (κ2) is 13.5. The molecular weight excluding hydrogens is 284 g/mol. The summed E-state index contributed by atoms with van der Waals surface area (Å²) in [4.78, 5) is 4.78. The highest BCUT2D eigenvalue weighted by molar-refractivity contribution is 5.14. The third kappa shape index (κ3) is 11.3. The minimum absolute atomic E-state index is 0.884. The predicted octanol–water partition coefficient (Wildman–Crippen LogP) is 4.04. The number of unbranched alkanes of at least 4 members (excludes halogenated alkanes) is 2. The fraction of sp³-hybridized carbons (Fsp3) is 0.700. The van der Waals surface area contributed by atoms with Gasteiger partial charge in [0.05, 0.1) is 0 Å². The monoisotopic (exact) mass is 320 g/mol. The first-order chi connectivity index (χ1) is 11.2. The van der Waals surface area contributed by atoms with Crippen molar-refractivity contribution in [2.24, 2.45) is 0 Å². The van der Waals surface area contributed by atoms with Crippen molar-refractivity contribution < 1.29 is 4.74 Å². The Hall–Kier alpha value is -0.900. The molecule has 0 aliphatic heterocycles. The third-order valence-electron chi connectivity index (χ3n) is 4.06. The Morgan fingerprint density at radius 1 is 0.783 bits per heavy atom. The van der Waals surface area contributed by atoms with E-state index in [0.29, 0.717) is 0 Å². The van der Waals surface area contributed by atoms with Crippen LogP contribution in [-0.2, 0) is 11.3 Å². The Balaban J connectivity index is 1.88. The number of nitrogens with zero attached hydrogens (tertiary/aromatic N) is 2. The van der Waals surface area contributed by atoms with Crippen molar-refractivity contribution in [3.05, 3.63) is 35.9 Å². The third-order valence-corrected chi connectivity index (χ3v) is 4.06. The molecule has 0 unspecified atom stereocenters. The van der Waals surface area contributed by atoms with Gasteiger partial charge in [-0.1, -0.05) is 37.3 Å². The van der Waals surface area contributed by atoms with E-state index in [1.165, 1.54) is 44.3 Å². The Labute approximate surface area is 143 Å². The van der Waals surface area contributed by atoms with Crippen molar-refractivity contribution in [3.8, 4) is 0 Å². The molecule has 0 heterocycles. The maximum atomic E-state index is 5.75. The SMILES string of the molecule is CCCN(C)CCCCCOCCCN(C)Cc1ccccc1. The summed E-state index contributed by atoms with van der Waals surface area (Å²) in [6, 6.07) is 10.6. The van der Waals surface area contributed by atoms with E-state index in [2.05, 4.69) is 61.2 Å². The molecule has 1 aromatic rings. The molecule has 132 valence electrons. The Morgan fingerprint density at radius 3 is 2.22 bits per heavy atom. The first-order valence-electron chi connectivity index (χ1n) is 9.21. The Bertz CT molecular complexity index is 369. The molecule has 0 aromatic heterocycles. The van der Waals surface area contributed by atoms with E-state index in [4.69, 9.17) is 4.74 Å². The average molecular weight is 321 g/mol. The molecule has 1 rings (SSSR count). The van der Waals surface area contributed by atoms with Crippen LogP contribution >= 0.6 is 0 Å². The fourth-order valence-electron chi connectivity index (χ4n) is 2.77. The minimum atomic E-state index is 0.884. The van der Waals surface area contributed by atoms with E-state index < -0.39 is 0 Å². The van der Waals surface area contributed by atoms with Crippen LogP contribution in [0.1, 0.15) is 44.6 Å². The van der Waals surface area contributed by atoms with Crippen LogP contribution in [0.5, 0.6) is 0 Å². The Kier molecular flexibility index (Phi) is 11.9. The van der Waals surface area contributed by atoms with Gasteiger partial charge in [-0.2, -0.15) is 0 Å². The molecule has 0 fully saturated rings. The normalized spacial score (nSPS) is 11.5. The highest BCUT2D eigenvalue weighted by atomic mass is 16.5. The van der Waals surface area contributed by atoms with Crippen LogP contribution in [0.2, 0.25) is 0 Å². The zero-order valence-electron chi connectivity index (χ0n) is 15.5.